The summed E-state index contributed by atoms with van der Waals surface area (Å²) in [6.45, 7) is 4.85. The van der Waals surface area contributed by atoms with Gasteiger partial charge in [-0.2, -0.15) is 0 Å². The van der Waals surface area contributed by atoms with Gasteiger partial charge in [-0.3, -0.25) is 4.79 Å². The molecule has 0 saturated heterocycles. The first-order valence-corrected chi connectivity index (χ1v) is 8.12. The highest BCUT2D eigenvalue weighted by atomic mass is 16.1. The van der Waals surface area contributed by atoms with Crippen LogP contribution in [-0.2, 0) is 0 Å². The minimum atomic E-state index is -0.0400. The van der Waals surface area contributed by atoms with Gasteiger partial charge in [0, 0.05) is 17.8 Å². The fourth-order valence-corrected chi connectivity index (χ4v) is 2.97. The van der Waals surface area contributed by atoms with E-state index in [1.54, 1.807) is 6.07 Å². The number of aromatic nitrogens is 1. The Balaban J connectivity index is 1.87. The van der Waals surface area contributed by atoms with E-state index in [0.29, 0.717) is 11.4 Å². The molecule has 0 aliphatic heterocycles. The molecule has 1 fully saturated rings. The lowest BCUT2D eigenvalue weighted by atomic mass is 9.87. The molecule has 116 valence electrons. The standard InChI is InChI=1S/C17H27N3O/c1-12(2)15-10-14(11-16(18)20-15)17(21)19-9-8-13-6-4-3-5-7-13/h10-13H,3-9H2,1-2H3,(H2,18,20)(H,19,21). The first kappa shape index (κ1) is 15.8. The largest absolute Gasteiger partial charge is 0.384 e. The number of nitrogens with zero attached hydrogens (tertiary/aromatic N) is 1. The van der Waals surface area contributed by atoms with Gasteiger partial charge in [-0.15, -0.1) is 0 Å². The van der Waals surface area contributed by atoms with Crippen molar-refractivity contribution < 1.29 is 4.79 Å². The molecular formula is C17H27N3O. The zero-order valence-electron chi connectivity index (χ0n) is 13.2. The maximum atomic E-state index is 12.2. The van der Waals surface area contributed by atoms with Crippen molar-refractivity contribution in [3.05, 3.63) is 23.4 Å². The molecule has 1 aliphatic carbocycles. The molecule has 0 aromatic carbocycles. The van der Waals surface area contributed by atoms with E-state index in [1.807, 2.05) is 19.9 Å². The number of nitrogens with two attached hydrogens (primary N) is 1. The summed E-state index contributed by atoms with van der Waals surface area (Å²) in [5.74, 6) is 1.43. The van der Waals surface area contributed by atoms with Gasteiger partial charge < -0.3 is 11.1 Å². The molecule has 0 unspecified atom stereocenters. The number of carbonyl (C=O) groups is 1. The lowest BCUT2D eigenvalue weighted by Crippen LogP contribution is -2.26. The van der Waals surface area contributed by atoms with Crippen molar-refractivity contribution in [3.63, 3.8) is 0 Å². The lowest BCUT2D eigenvalue weighted by molar-refractivity contribution is 0.0950. The second-order valence-electron chi connectivity index (χ2n) is 6.41. The molecule has 1 amide bonds. The van der Waals surface area contributed by atoms with E-state index >= 15 is 0 Å². The second kappa shape index (κ2) is 7.43. The molecule has 21 heavy (non-hydrogen) atoms. The van der Waals surface area contributed by atoms with Crippen LogP contribution in [0.3, 0.4) is 0 Å². The maximum Gasteiger partial charge on any atom is 0.251 e. The molecule has 0 atom stereocenters. The molecule has 4 nitrogen and oxygen atoms in total. The fraction of sp³-hybridized carbons (Fsp3) is 0.647. The van der Waals surface area contributed by atoms with E-state index in [1.165, 1.54) is 32.1 Å². The van der Waals surface area contributed by atoms with E-state index in [0.717, 1.165) is 24.6 Å². The summed E-state index contributed by atoms with van der Waals surface area (Å²) in [4.78, 5) is 16.5. The number of pyridine rings is 1. The highest BCUT2D eigenvalue weighted by molar-refractivity contribution is 5.94. The van der Waals surface area contributed by atoms with Crippen molar-refractivity contribution >= 4 is 11.7 Å². The van der Waals surface area contributed by atoms with Crippen molar-refractivity contribution in [3.8, 4) is 0 Å². The van der Waals surface area contributed by atoms with E-state index in [9.17, 15) is 4.79 Å². The Kier molecular flexibility index (Phi) is 5.59. The van der Waals surface area contributed by atoms with E-state index in [4.69, 9.17) is 5.73 Å². The molecule has 1 aliphatic rings. The van der Waals surface area contributed by atoms with Gasteiger partial charge in [-0.1, -0.05) is 46.0 Å². The molecule has 1 saturated carbocycles. The van der Waals surface area contributed by atoms with E-state index in [2.05, 4.69) is 10.3 Å². The summed E-state index contributed by atoms with van der Waals surface area (Å²) < 4.78 is 0. The average Bonchev–Trinajstić information content (AvgIpc) is 2.47. The maximum absolute atomic E-state index is 12.2. The number of anilines is 1. The number of hydrogen-bond donors (Lipinski definition) is 2. The summed E-state index contributed by atoms with van der Waals surface area (Å²) in [6.07, 6.45) is 7.78. The smallest absolute Gasteiger partial charge is 0.251 e. The molecular weight excluding hydrogens is 262 g/mol. The normalized spacial score (nSPS) is 16.1. The number of carbonyl (C=O) groups excluding carboxylic acids is 1. The molecule has 3 N–H and O–H groups in total. The summed E-state index contributed by atoms with van der Waals surface area (Å²) in [5, 5.41) is 3.02. The van der Waals surface area contributed by atoms with Crippen molar-refractivity contribution in [2.45, 2.75) is 58.3 Å². The van der Waals surface area contributed by atoms with Crippen molar-refractivity contribution in [1.82, 2.24) is 10.3 Å². The van der Waals surface area contributed by atoms with Crippen LogP contribution in [0.1, 0.15) is 74.3 Å². The monoisotopic (exact) mass is 289 g/mol. The summed E-state index contributed by atoms with van der Waals surface area (Å²) in [6, 6.07) is 3.50. The molecule has 1 heterocycles. The molecule has 0 radical (unpaired) electrons. The van der Waals surface area contributed by atoms with Crippen LogP contribution in [0.5, 0.6) is 0 Å². The third kappa shape index (κ3) is 4.73. The summed E-state index contributed by atoms with van der Waals surface area (Å²) >= 11 is 0. The third-order valence-corrected chi connectivity index (χ3v) is 4.28. The molecule has 2 rings (SSSR count). The van der Waals surface area contributed by atoms with Gasteiger partial charge in [-0.25, -0.2) is 4.98 Å². The van der Waals surface area contributed by atoms with Crippen LogP contribution >= 0.6 is 0 Å². The number of amides is 1. The first-order valence-electron chi connectivity index (χ1n) is 8.12. The molecule has 1 aromatic heterocycles. The van der Waals surface area contributed by atoms with Gasteiger partial charge in [0.2, 0.25) is 0 Å². The van der Waals surface area contributed by atoms with Crippen molar-refractivity contribution in [2.75, 3.05) is 12.3 Å². The van der Waals surface area contributed by atoms with Gasteiger partial charge in [0.25, 0.3) is 5.91 Å². The Labute approximate surface area is 127 Å². The Hall–Kier alpha value is -1.58. The predicted molar refractivity (Wildman–Crippen MR) is 86.3 cm³/mol. The molecule has 0 bridgehead atoms. The fourth-order valence-electron chi connectivity index (χ4n) is 2.97. The van der Waals surface area contributed by atoms with Gasteiger partial charge >= 0.3 is 0 Å². The second-order valence-corrected chi connectivity index (χ2v) is 6.41. The molecule has 1 aromatic rings. The molecule has 4 heteroatoms. The Morgan fingerprint density at radius 2 is 2.05 bits per heavy atom. The number of rotatable bonds is 5. The predicted octanol–water partition coefficient (Wildman–Crippen LogP) is 3.49. The number of nitrogens with one attached hydrogen (secondary N) is 1. The zero-order chi connectivity index (χ0) is 15.2. The Bertz CT molecular complexity index is 479. The first-order chi connectivity index (χ1) is 10.1. The van der Waals surface area contributed by atoms with Crippen LogP contribution in [0, 0.1) is 5.92 Å². The van der Waals surface area contributed by atoms with Gasteiger partial charge in [0.1, 0.15) is 5.82 Å². The van der Waals surface area contributed by atoms with Crippen LogP contribution in [0.25, 0.3) is 0 Å². The van der Waals surface area contributed by atoms with Crippen LogP contribution < -0.4 is 11.1 Å². The number of hydrogen-bond acceptors (Lipinski definition) is 3. The van der Waals surface area contributed by atoms with Gasteiger partial charge in [0.05, 0.1) is 0 Å². The summed E-state index contributed by atoms with van der Waals surface area (Å²) in [5.41, 5.74) is 7.28. The number of nitrogen functional groups attached to an aromatic ring is 1. The average molecular weight is 289 g/mol. The van der Waals surface area contributed by atoms with Gasteiger partial charge in [0.15, 0.2) is 0 Å². The zero-order valence-corrected chi connectivity index (χ0v) is 13.2. The minimum Gasteiger partial charge on any atom is -0.384 e. The van der Waals surface area contributed by atoms with Crippen molar-refractivity contribution in [2.24, 2.45) is 5.92 Å². The lowest BCUT2D eigenvalue weighted by Gasteiger charge is -2.21. The van der Waals surface area contributed by atoms with Crippen LogP contribution in [0.2, 0.25) is 0 Å². The van der Waals surface area contributed by atoms with Crippen LogP contribution in [0.4, 0.5) is 5.82 Å². The van der Waals surface area contributed by atoms with Crippen molar-refractivity contribution in [1.29, 1.82) is 0 Å². The third-order valence-electron chi connectivity index (χ3n) is 4.28. The molecule has 0 spiro atoms. The van der Waals surface area contributed by atoms with E-state index in [-0.39, 0.29) is 11.8 Å². The topological polar surface area (TPSA) is 68.0 Å². The van der Waals surface area contributed by atoms with Crippen LogP contribution in [-0.4, -0.2) is 17.4 Å². The SMILES string of the molecule is CC(C)c1cc(C(=O)NCCC2CCCCC2)cc(N)n1. The highest BCUT2D eigenvalue weighted by Gasteiger charge is 2.14. The highest BCUT2D eigenvalue weighted by Crippen LogP contribution is 2.25. The Morgan fingerprint density at radius 1 is 1.33 bits per heavy atom. The Morgan fingerprint density at radius 3 is 2.71 bits per heavy atom. The minimum absolute atomic E-state index is 0.0400. The van der Waals surface area contributed by atoms with Gasteiger partial charge in [-0.05, 0) is 30.4 Å². The quantitative estimate of drug-likeness (QED) is 0.872. The van der Waals surface area contributed by atoms with E-state index < -0.39 is 0 Å². The summed E-state index contributed by atoms with van der Waals surface area (Å²) in [7, 11) is 0. The van der Waals surface area contributed by atoms with Crippen LogP contribution in [0.15, 0.2) is 12.1 Å².